The van der Waals surface area contributed by atoms with Crippen molar-refractivity contribution in [3.05, 3.63) is 47.8 Å². The summed E-state index contributed by atoms with van der Waals surface area (Å²) in [5, 5.41) is 2.83. The Morgan fingerprint density at radius 1 is 1.23 bits per heavy atom. The van der Waals surface area contributed by atoms with E-state index in [1.807, 2.05) is 31.2 Å². The van der Waals surface area contributed by atoms with Crippen LogP contribution in [-0.2, 0) is 28.2 Å². The van der Waals surface area contributed by atoms with E-state index < -0.39 is 10.0 Å². The van der Waals surface area contributed by atoms with Crippen LogP contribution >= 0.6 is 0 Å². The Balaban J connectivity index is 1.82. The number of nitrogens with zero attached hydrogens (tertiary/aromatic N) is 2. The van der Waals surface area contributed by atoms with Crippen LogP contribution in [0.15, 0.2) is 41.4 Å². The van der Waals surface area contributed by atoms with Gasteiger partial charge in [0, 0.05) is 32.0 Å². The molecular formula is C18H23N3O4S. The molecule has 1 aliphatic rings. The molecule has 0 aliphatic carbocycles. The van der Waals surface area contributed by atoms with E-state index in [0.717, 1.165) is 12.0 Å². The van der Waals surface area contributed by atoms with Crippen LogP contribution in [0.2, 0.25) is 0 Å². The lowest BCUT2D eigenvalue weighted by atomic mass is 10.1. The summed E-state index contributed by atoms with van der Waals surface area (Å²) in [5.41, 5.74) is 2.09. The van der Waals surface area contributed by atoms with Crippen LogP contribution < -0.4 is 5.32 Å². The van der Waals surface area contributed by atoms with Gasteiger partial charge in [0.1, 0.15) is 10.6 Å². The number of carbonyl (C=O) groups is 1. The molecule has 26 heavy (non-hydrogen) atoms. The predicted molar refractivity (Wildman–Crippen MR) is 98.8 cm³/mol. The number of nitrogens with one attached hydrogen (secondary N) is 1. The minimum atomic E-state index is -3.63. The molecule has 7 nitrogen and oxygen atoms in total. The van der Waals surface area contributed by atoms with Gasteiger partial charge >= 0.3 is 0 Å². The second kappa shape index (κ2) is 7.61. The van der Waals surface area contributed by atoms with Crippen molar-refractivity contribution in [2.75, 3.05) is 31.6 Å². The van der Waals surface area contributed by atoms with E-state index in [1.165, 1.54) is 21.1 Å². The summed E-state index contributed by atoms with van der Waals surface area (Å²) >= 11 is 0. The molecule has 1 aromatic carbocycles. The number of amides is 1. The second-order valence-electron chi connectivity index (χ2n) is 6.20. The topological polar surface area (TPSA) is 80.6 Å². The fourth-order valence-corrected chi connectivity index (χ4v) is 4.38. The highest BCUT2D eigenvalue weighted by Crippen LogP contribution is 2.21. The Hall–Kier alpha value is -2.16. The molecule has 0 spiro atoms. The molecule has 1 fully saturated rings. The van der Waals surface area contributed by atoms with Crippen LogP contribution in [0.4, 0.5) is 5.69 Å². The first kappa shape index (κ1) is 18.6. The Morgan fingerprint density at radius 3 is 2.65 bits per heavy atom. The van der Waals surface area contributed by atoms with E-state index in [0.29, 0.717) is 37.7 Å². The number of benzene rings is 1. The Morgan fingerprint density at radius 2 is 1.96 bits per heavy atom. The highest BCUT2D eigenvalue weighted by atomic mass is 32.2. The molecule has 140 valence electrons. The fourth-order valence-electron chi connectivity index (χ4n) is 2.90. The van der Waals surface area contributed by atoms with Crippen LogP contribution in [0, 0.1) is 0 Å². The smallest absolute Gasteiger partial charge is 0.272 e. The van der Waals surface area contributed by atoms with Crippen molar-refractivity contribution in [2.45, 2.75) is 18.2 Å². The highest BCUT2D eigenvalue weighted by molar-refractivity contribution is 7.89. The van der Waals surface area contributed by atoms with Gasteiger partial charge < -0.3 is 14.6 Å². The molecule has 3 rings (SSSR count). The molecule has 1 amide bonds. The Labute approximate surface area is 153 Å². The van der Waals surface area contributed by atoms with Crippen molar-refractivity contribution in [2.24, 2.45) is 7.05 Å². The molecule has 1 N–H and O–H groups in total. The van der Waals surface area contributed by atoms with Crippen LogP contribution in [0.25, 0.3) is 0 Å². The molecule has 2 aromatic rings. The second-order valence-corrected chi connectivity index (χ2v) is 8.13. The first-order valence-corrected chi connectivity index (χ1v) is 10.0. The van der Waals surface area contributed by atoms with E-state index in [4.69, 9.17) is 4.74 Å². The van der Waals surface area contributed by atoms with Crippen LogP contribution in [0.3, 0.4) is 0 Å². The molecule has 8 heteroatoms. The van der Waals surface area contributed by atoms with Gasteiger partial charge in [0.2, 0.25) is 10.0 Å². The molecular weight excluding hydrogens is 354 g/mol. The third-order valence-electron chi connectivity index (χ3n) is 4.41. The largest absolute Gasteiger partial charge is 0.379 e. The fraction of sp³-hybridized carbons (Fsp3) is 0.389. The lowest BCUT2D eigenvalue weighted by molar-refractivity contribution is 0.0730. The molecule has 0 atom stereocenters. The summed E-state index contributed by atoms with van der Waals surface area (Å²) in [5.74, 6) is -0.343. The number of sulfonamides is 1. The molecule has 0 unspecified atom stereocenters. The SMILES string of the molecule is CCc1cccc(NC(=O)c2cc(S(=O)(=O)N3CCOCC3)cn2C)c1. The lowest BCUT2D eigenvalue weighted by Gasteiger charge is -2.25. The molecule has 0 saturated carbocycles. The monoisotopic (exact) mass is 377 g/mol. The summed E-state index contributed by atoms with van der Waals surface area (Å²) in [4.78, 5) is 12.7. The number of morpholine rings is 1. The zero-order valence-corrected chi connectivity index (χ0v) is 15.8. The van der Waals surface area contributed by atoms with E-state index in [2.05, 4.69) is 5.32 Å². The number of ether oxygens (including phenoxy) is 1. The summed E-state index contributed by atoms with van der Waals surface area (Å²) in [6.07, 6.45) is 2.35. The maximum atomic E-state index is 12.7. The van der Waals surface area contributed by atoms with E-state index >= 15 is 0 Å². The summed E-state index contributed by atoms with van der Waals surface area (Å²) in [6.45, 7) is 3.45. The van der Waals surface area contributed by atoms with Crippen molar-refractivity contribution < 1.29 is 17.9 Å². The van der Waals surface area contributed by atoms with E-state index in [1.54, 1.807) is 7.05 Å². The quantitative estimate of drug-likeness (QED) is 0.862. The van der Waals surface area contributed by atoms with Crippen molar-refractivity contribution in [1.29, 1.82) is 0 Å². The van der Waals surface area contributed by atoms with Gasteiger partial charge in [-0.3, -0.25) is 4.79 Å². The molecule has 0 radical (unpaired) electrons. The first-order valence-electron chi connectivity index (χ1n) is 8.56. The van der Waals surface area contributed by atoms with E-state index in [-0.39, 0.29) is 10.8 Å². The molecule has 0 bridgehead atoms. The predicted octanol–water partition coefficient (Wildman–Crippen LogP) is 1.86. The van der Waals surface area contributed by atoms with Gasteiger partial charge in [0.15, 0.2) is 0 Å². The van der Waals surface area contributed by atoms with Crippen LogP contribution in [-0.4, -0.2) is 49.5 Å². The number of carbonyl (C=O) groups excluding carboxylic acids is 1. The molecule has 1 saturated heterocycles. The zero-order valence-electron chi connectivity index (χ0n) is 14.9. The third kappa shape index (κ3) is 3.82. The summed E-state index contributed by atoms with van der Waals surface area (Å²) in [7, 11) is -1.97. The number of anilines is 1. The molecule has 2 heterocycles. The van der Waals surface area contributed by atoms with Gasteiger partial charge in [-0.1, -0.05) is 19.1 Å². The maximum absolute atomic E-state index is 12.7. The van der Waals surface area contributed by atoms with Gasteiger partial charge in [-0.05, 0) is 30.2 Å². The molecule has 1 aliphatic heterocycles. The van der Waals surface area contributed by atoms with E-state index in [9.17, 15) is 13.2 Å². The number of rotatable bonds is 5. The first-order chi connectivity index (χ1) is 12.4. The van der Waals surface area contributed by atoms with Crippen molar-refractivity contribution in [3.63, 3.8) is 0 Å². The summed E-state index contributed by atoms with van der Waals surface area (Å²) in [6, 6.07) is 9.01. The average molecular weight is 377 g/mol. The highest BCUT2D eigenvalue weighted by Gasteiger charge is 2.28. The van der Waals surface area contributed by atoms with Crippen LogP contribution in [0.1, 0.15) is 23.0 Å². The van der Waals surface area contributed by atoms with Gasteiger partial charge in [-0.25, -0.2) is 8.42 Å². The maximum Gasteiger partial charge on any atom is 0.272 e. The minimum absolute atomic E-state index is 0.120. The average Bonchev–Trinajstić information content (AvgIpc) is 3.05. The standard InChI is InChI=1S/C18H23N3O4S/c1-3-14-5-4-6-15(11-14)19-18(22)17-12-16(13-20(17)2)26(23,24)21-7-9-25-10-8-21/h4-6,11-13H,3,7-10H2,1-2H3,(H,19,22). The van der Waals surface area contributed by atoms with Crippen molar-refractivity contribution >= 4 is 21.6 Å². The van der Waals surface area contributed by atoms with Gasteiger partial charge in [0.25, 0.3) is 5.91 Å². The van der Waals surface area contributed by atoms with Gasteiger partial charge in [-0.15, -0.1) is 0 Å². The zero-order chi connectivity index (χ0) is 18.7. The van der Waals surface area contributed by atoms with Crippen molar-refractivity contribution in [1.82, 2.24) is 8.87 Å². The summed E-state index contributed by atoms with van der Waals surface area (Å²) < 4.78 is 33.6. The number of aryl methyl sites for hydroxylation is 2. The van der Waals surface area contributed by atoms with Crippen molar-refractivity contribution in [3.8, 4) is 0 Å². The Bertz CT molecular complexity index is 899. The van der Waals surface area contributed by atoms with Gasteiger partial charge in [0.05, 0.1) is 13.2 Å². The van der Waals surface area contributed by atoms with Crippen LogP contribution in [0.5, 0.6) is 0 Å². The number of hydrogen-bond donors (Lipinski definition) is 1. The Kier molecular flexibility index (Phi) is 5.45. The lowest BCUT2D eigenvalue weighted by Crippen LogP contribution is -2.40. The van der Waals surface area contributed by atoms with Gasteiger partial charge in [-0.2, -0.15) is 4.31 Å². The third-order valence-corrected chi connectivity index (χ3v) is 6.28. The number of hydrogen-bond acceptors (Lipinski definition) is 4. The normalized spacial score (nSPS) is 15.8. The minimum Gasteiger partial charge on any atom is -0.379 e. The number of aromatic nitrogens is 1. The molecule has 1 aromatic heterocycles.